The number of fused-ring (bicyclic) bond motifs is 5. The van der Waals surface area contributed by atoms with Crippen LogP contribution in [0.15, 0.2) is 109 Å². The predicted octanol–water partition coefficient (Wildman–Crippen LogP) is 12.5. The average Bonchev–Trinajstić information content (AvgIpc) is 3.43. The van der Waals surface area contributed by atoms with Gasteiger partial charge in [-0.1, -0.05) is 114 Å². The van der Waals surface area contributed by atoms with E-state index in [0.29, 0.717) is 5.92 Å². The summed E-state index contributed by atoms with van der Waals surface area (Å²) in [5.74, 6) is 1.96. The Bertz CT molecular complexity index is 1960. The van der Waals surface area contributed by atoms with E-state index in [2.05, 4.69) is 137 Å². The summed E-state index contributed by atoms with van der Waals surface area (Å²) in [6, 6.07) is 13.7. The van der Waals surface area contributed by atoms with Crippen LogP contribution in [-0.4, -0.2) is 27.3 Å². The monoisotopic (exact) mass is 693 g/mol. The molecule has 1 heterocycles. The fourth-order valence-electron chi connectivity index (χ4n) is 8.65. The topological polar surface area (TPSA) is 21.7 Å². The first-order chi connectivity index (χ1) is 25.1. The highest BCUT2D eigenvalue weighted by molar-refractivity contribution is 6.04. The summed E-state index contributed by atoms with van der Waals surface area (Å²) >= 11 is 0. The van der Waals surface area contributed by atoms with Crippen molar-refractivity contribution in [1.82, 2.24) is 0 Å². The van der Waals surface area contributed by atoms with E-state index in [9.17, 15) is 0 Å². The number of ether oxygens (including phenoxy) is 2. The fourth-order valence-corrected chi connectivity index (χ4v) is 8.65. The lowest BCUT2D eigenvalue weighted by molar-refractivity contribution is 0.306. The molecule has 1 aliphatic heterocycles. The van der Waals surface area contributed by atoms with Gasteiger partial charge in [-0.3, -0.25) is 0 Å². The predicted molar refractivity (Wildman–Crippen MR) is 225 cm³/mol. The molecule has 3 aromatic rings. The van der Waals surface area contributed by atoms with Crippen LogP contribution in [0.2, 0.25) is 0 Å². The molecule has 3 heteroatoms. The quantitative estimate of drug-likeness (QED) is 0.113. The van der Waals surface area contributed by atoms with Crippen LogP contribution in [-0.2, 0) is 22.0 Å². The van der Waals surface area contributed by atoms with E-state index < -0.39 is 0 Å². The highest BCUT2D eigenvalue weighted by Crippen LogP contribution is 2.51. The molecular weight excluding hydrogens is 635 g/mol. The van der Waals surface area contributed by atoms with Crippen molar-refractivity contribution >= 4 is 28.1 Å². The van der Waals surface area contributed by atoms with Crippen LogP contribution in [0.3, 0.4) is 0 Å². The summed E-state index contributed by atoms with van der Waals surface area (Å²) in [5.41, 5.74) is 10.7. The van der Waals surface area contributed by atoms with Gasteiger partial charge < -0.3 is 14.4 Å². The molecule has 2 unspecified atom stereocenters. The van der Waals surface area contributed by atoms with Crippen molar-refractivity contribution in [2.24, 2.45) is 5.92 Å². The molecule has 3 nitrogen and oxygen atoms in total. The summed E-state index contributed by atoms with van der Waals surface area (Å²) in [4.78, 5) is 2.69. The highest BCUT2D eigenvalue weighted by atomic mass is 16.5. The third kappa shape index (κ3) is 7.38. The second kappa shape index (κ2) is 16.0. The summed E-state index contributed by atoms with van der Waals surface area (Å²) in [7, 11) is 3.43. The molecule has 272 valence electrons. The lowest BCUT2D eigenvalue weighted by Crippen LogP contribution is -2.32. The Morgan fingerprint density at radius 1 is 1.02 bits per heavy atom. The maximum atomic E-state index is 5.59. The first-order valence-corrected chi connectivity index (χ1v) is 19.5. The molecule has 2 aliphatic carbocycles. The molecular formula is C49H59NO2. The zero-order valence-corrected chi connectivity index (χ0v) is 32.7. The van der Waals surface area contributed by atoms with E-state index in [-0.39, 0.29) is 10.8 Å². The largest absolute Gasteiger partial charge is 0.497 e. The number of nitrogens with zero attached hydrogens (tertiary/aromatic N) is 1. The van der Waals surface area contributed by atoms with Crippen molar-refractivity contribution in [3.8, 4) is 5.75 Å². The second-order valence-electron chi connectivity index (χ2n) is 15.6. The third-order valence-corrected chi connectivity index (χ3v) is 11.9. The summed E-state index contributed by atoms with van der Waals surface area (Å²) in [6.07, 6.45) is 32.9. The standard InChI is InChI=1S/C49H59NO2/c1-9-19-40(51-7)22-18-28-49(6,38-23-25-41(52-8)26-24-38)29-27-42-35(3)43-33-36(10-2)45(50-30-16-11-12-17-31-50)34-44(43)46-37-20-14-13-15-21-39(32-37)48(4,5)47(42)46/h9,14-15,18-27,29,32-34,39H,1,10-13,16-17,28,30-31H2,2-8H3/b20-14-,21-15-,22-18-,29-27-,40-19+. The van der Waals surface area contributed by atoms with Crippen molar-refractivity contribution in [2.45, 2.75) is 90.4 Å². The van der Waals surface area contributed by atoms with Crippen LogP contribution in [0.25, 0.3) is 22.4 Å². The van der Waals surface area contributed by atoms with Crippen molar-refractivity contribution in [2.75, 3.05) is 32.2 Å². The van der Waals surface area contributed by atoms with Gasteiger partial charge in [0.25, 0.3) is 0 Å². The Morgan fingerprint density at radius 2 is 1.77 bits per heavy atom. The first-order valence-electron chi connectivity index (χ1n) is 19.5. The first kappa shape index (κ1) is 37.3. The number of hydrogen-bond donors (Lipinski definition) is 0. The SMILES string of the molecule is C=C/C=C(\C=C/CC(C)(/C=C\c1c2c(c3cc(N4CCCCCC4)c(CC)cc3c1C)C1=CC(/C=C\C/C=C\1)C2(C)C)c1ccc(OC)cc1)OC. The molecule has 0 N–H and O–H groups in total. The van der Waals surface area contributed by atoms with Gasteiger partial charge in [0.05, 0.1) is 14.2 Å². The van der Waals surface area contributed by atoms with E-state index in [0.717, 1.165) is 43.9 Å². The van der Waals surface area contributed by atoms with E-state index in [1.54, 1.807) is 20.3 Å². The lowest BCUT2D eigenvalue weighted by atomic mass is 9.63. The molecule has 0 radical (unpaired) electrons. The number of methoxy groups -OCH3 is 2. The normalized spacial score (nSPS) is 21.1. The summed E-state index contributed by atoms with van der Waals surface area (Å²) in [5, 5.41) is 2.77. The molecule has 0 spiro atoms. The van der Waals surface area contributed by atoms with Crippen LogP contribution in [0.4, 0.5) is 5.69 Å². The van der Waals surface area contributed by atoms with Crippen LogP contribution in [0, 0.1) is 12.8 Å². The number of aryl methyl sites for hydroxylation is 2. The van der Waals surface area contributed by atoms with Gasteiger partial charge in [0.2, 0.25) is 0 Å². The van der Waals surface area contributed by atoms with Gasteiger partial charge in [-0.25, -0.2) is 0 Å². The van der Waals surface area contributed by atoms with E-state index in [1.807, 2.05) is 6.08 Å². The molecule has 2 bridgehead atoms. The molecule has 0 aromatic heterocycles. The minimum atomic E-state index is -0.294. The van der Waals surface area contributed by atoms with E-state index >= 15 is 0 Å². The van der Waals surface area contributed by atoms with Crippen LogP contribution < -0.4 is 9.64 Å². The Labute approximate surface area is 313 Å². The minimum absolute atomic E-state index is 0.107. The number of allylic oxidation sites excluding steroid dienone is 11. The number of anilines is 1. The van der Waals surface area contributed by atoms with Crippen molar-refractivity contribution in [1.29, 1.82) is 0 Å². The lowest BCUT2D eigenvalue weighted by Gasteiger charge is -2.41. The van der Waals surface area contributed by atoms with Crippen LogP contribution >= 0.6 is 0 Å². The molecule has 3 aliphatic rings. The summed E-state index contributed by atoms with van der Waals surface area (Å²) < 4.78 is 11.1. The van der Waals surface area contributed by atoms with Gasteiger partial charge in [-0.05, 0) is 125 Å². The molecule has 0 saturated carbocycles. The third-order valence-electron chi connectivity index (χ3n) is 11.9. The van der Waals surface area contributed by atoms with Crippen LogP contribution in [0.5, 0.6) is 5.75 Å². The van der Waals surface area contributed by atoms with Gasteiger partial charge in [0.15, 0.2) is 0 Å². The van der Waals surface area contributed by atoms with Gasteiger partial charge in [-0.2, -0.15) is 0 Å². The number of hydrogen-bond acceptors (Lipinski definition) is 3. The van der Waals surface area contributed by atoms with Gasteiger partial charge in [0, 0.05) is 35.5 Å². The number of benzene rings is 3. The van der Waals surface area contributed by atoms with Crippen molar-refractivity contribution in [3.05, 3.63) is 143 Å². The second-order valence-corrected chi connectivity index (χ2v) is 15.6. The summed E-state index contributed by atoms with van der Waals surface area (Å²) in [6.45, 7) is 18.1. The molecule has 3 aromatic carbocycles. The Hall–Kier alpha value is -4.50. The highest BCUT2D eigenvalue weighted by Gasteiger charge is 2.39. The zero-order chi connectivity index (χ0) is 36.9. The Morgan fingerprint density at radius 3 is 2.44 bits per heavy atom. The van der Waals surface area contributed by atoms with Crippen LogP contribution in [0.1, 0.15) is 99.6 Å². The van der Waals surface area contributed by atoms with Gasteiger partial charge >= 0.3 is 0 Å². The van der Waals surface area contributed by atoms with Crippen molar-refractivity contribution in [3.63, 3.8) is 0 Å². The smallest absolute Gasteiger partial charge is 0.118 e. The molecule has 52 heavy (non-hydrogen) atoms. The zero-order valence-electron chi connectivity index (χ0n) is 32.7. The fraction of sp³-hybridized carbons (Fsp3) is 0.388. The average molecular weight is 694 g/mol. The molecule has 1 saturated heterocycles. The van der Waals surface area contributed by atoms with Gasteiger partial charge in [-0.15, -0.1) is 0 Å². The molecule has 6 rings (SSSR count). The maximum Gasteiger partial charge on any atom is 0.118 e. The van der Waals surface area contributed by atoms with E-state index in [1.165, 1.54) is 81.1 Å². The minimum Gasteiger partial charge on any atom is -0.497 e. The van der Waals surface area contributed by atoms with E-state index in [4.69, 9.17) is 9.47 Å². The van der Waals surface area contributed by atoms with Gasteiger partial charge in [0.1, 0.15) is 11.5 Å². The molecule has 0 amide bonds. The number of rotatable bonds is 11. The maximum absolute atomic E-state index is 5.59. The van der Waals surface area contributed by atoms with Crippen molar-refractivity contribution < 1.29 is 9.47 Å². The molecule has 2 atom stereocenters. The Kier molecular flexibility index (Phi) is 11.5. The molecule has 1 fully saturated rings. The Balaban J connectivity index is 1.60.